The van der Waals surface area contributed by atoms with Gasteiger partial charge in [0, 0.05) is 36.6 Å². The van der Waals surface area contributed by atoms with Crippen LogP contribution in [0.15, 0.2) is 47.4 Å². The molecule has 6 nitrogen and oxygen atoms in total. The van der Waals surface area contributed by atoms with Crippen LogP contribution in [0.1, 0.15) is 15.9 Å². The van der Waals surface area contributed by atoms with Crippen molar-refractivity contribution in [3.05, 3.63) is 53.6 Å². The Hall–Kier alpha value is -2.15. The monoisotopic (exact) mass is 474 g/mol. The molecule has 1 amide bonds. The van der Waals surface area contributed by atoms with Crippen molar-refractivity contribution >= 4 is 56.8 Å². The first kappa shape index (κ1) is 23.5. The largest absolute Gasteiger partial charge is 0.379 e. The van der Waals surface area contributed by atoms with Crippen LogP contribution < -0.4 is 4.90 Å². The van der Waals surface area contributed by atoms with Crippen molar-refractivity contribution in [1.29, 1.82) is 5.26 Å². The van der Waals surface area contributed by atoms with Crippen molar-refractivity contribution < 1.29 is 9.53 Å². The minimum Gasteiger partial charge on any atom is -0.379 e. The molecule has 1 fully saturated rings. The van der Waals surface area contributed by atoms with Gasteiger partial charge in [-0.05, 0) is 48.7 Å². The Morgan fingerprint density at radius 2 is 2.00 bits per heavy atom. The third kappa shape index (κ3) is 5.56. The van der Waals surface area contributed by atoms with E-state index >= 15 is 0 Å². The molecule has 4 rings (SSSR count). The zero-order valence-electron chi connectivity index (χ0n) is 17.1. The normalized spacial score (nSPS) is 14.1. The maximum atomic E-state index is 13.4. The lowest BCUT2D eigenvalue weighted by Gasteiger charge is -2.29. The summed E-state index contributed by atoms with van der Waals surface area (Å²) >= 11 is 3.23. The highest BCUT2D eigenvalue weighted by atomic mass is 35.5. The number of anilines is 1. The highest BCUT2D eigenvalue weighted by Crippen LogP contribution is 2.32. The van der Waals surface area contributed by atoms with Gasteiger partial charge in [-0.15, -0.1) is 24.2 Å². The molecule has 1 aliphatic heterocycles. The van der Waals surface area contributed by atoms with E-state index in [1.165, 1.54) is 16.2 Å². The molecule has 0 bridgehead atoms. The second-order valence-electron chi connectivity index (χ2n) is 6.93. The van der Waals surface area contributed by atoms with Gasteiger partial charge in [0.1, 0.15) is 0 Å². The Morgan fingerprint density at radius 1 is 1.26 bits per heavy atom. The molecule has 31 heavy (non-hydrogen) atoms. The number of hydrogen-bond acceptors (Lipinski definition) is 7. The van der Waals surface area contributed by atoms with Gasteiger partial charge >= 0.3 is 0 Å². The number of halogens is 1. The highest BCUT2D eigenvalue weighted by Gasteiger charge is 2.23. The number of fused-ring (bicyclic) bond motifs is 1. The number of amides is 1. The predicted octanol–water partition coefficient (Wildman–Crippen LogP) is 4.29. The van der Waals surface area contributed by atoms with Crippen molar-refractivity contribution in [2.24, 2.45) is 0 Å². The topological polar surface area (TPSA) is 69.5 Å². The molecule has 0 aliphatic carbocycles. The maximum Gasteiger partial charge on any atom is 0.260 e. The quantitative estimate of drug-likeness (QED) is 0.496. The number of aromatic nitrogens is 1. The van der Waals surface area contributed by atoms with Crippen LogP contribution in [0, 0.1) is 11.3 Å². The fourth-order valence-corrected chi connectivity index (χ4v) is 4.87. The van der Waals surface area contributed by atoms with Gasteiger partial charge < -0.3 is 4.74 Å². The Bertz CT molecular complexity index is 1080. The third-order valence-corrected chi connectivity index (χ3v) is 6.83. The van der Waals surface area contributed by atoms with Gasteiger partial charge in [0.25, 0.3) is 5.91 Å². The molecule has 2 heterocycles. The van der Waals surface area contributed by atoms with E-state index in [4.69, 9.17) is 15.0 Å². The number of rotatable bonds is 6. The molecular weight excluding hydrogens is 452 g/mol. The lowest BCUT2D eigenvalue weighted by Crippen LogP contribution is -2.43. The van der Waals surface area contributed by atoms with Crippen molar-refractivity contribution in [2.45, 2.75) is 4.90 Å². The molecule has 1 aliphatic rings. The van der Waals surface area contributed by atoms with E-state index in [9.17, 15) is 4.79 Å². The van der Waals surface area contributed by atoms with Crippen LogP contribution in [0.2, 0.25) is 0 Å². The molecule has 0 unspecified atom stereocenters. The summed E-state index contributed by atoms with van der Waals surface area (Å²) in [6.07, 6.45) is 2.05. The number of thioether (sulfide) groups is 1. The second kappa shape index (κ2) is 10.9. The van der Waals surface area contributed by atoms with Gasteiger partial charge in [0.2, 0.25) is 0 Å². The highest BCUT2D eigenvalue weighted by molar-refractivity contribution is 7.98. The van der Waals surface area contributed by atoms with Crippen LogP contribution in [0.3, 0.4) is 0 Å². The second-order valence-corrected chi connectivity index (χ2v) is 8.82. The van der Waals surface area contributed by atoms with Crippen LogP contribution >= 0.6 is 35.5 Å². The van der Waals surface area contributed by atoms with E-state index in [2.05, 4.69) is 23.1 Å². The van der Waals surface area contributed by atoms with Crippen molar-refractivity contribution in [3.63, 3.8) is 0 Å². The van der Waals surface area contributed by atoms with Crippen LogP contribution in [-0.4, -0.2) is 61.4 Å². The van der Waals surface area contributed by atoms with Crippen molar-refractivity contribution in [1.82, 2.24) is 9.88 Å². The molecule has 0 N–H and O–H groups in total. The number of ether oxygens (including phenoxy) is 1. The van der Waals surface area contributed by atoms with Crippen molar-refractivity contribution in [3.8, 4) is 6.07 Å². The predicted molar refractivity (Wildman–Crippen MR) is 129 cm³/mol. The van der Waals surface area contributed by atoms with E-state index in [1.54, 1.807) is 40.9 Å². The standard InChI is InChI=1S/C22H22N4O2S2.ClH/c1-29-18-6-7-19-20(14-18)30-22(24-19)26(9-8-25-10-12-28-13-11-25)21(27)17-4-2-16(15-23)3-5-17;/h2-7,14H,8-13H2,1H3;1H. The van der Waals surface area contributed by atoms with Gasteiger partial charge in [-0.1, -0.05) is 11.3 Å². The lowest BCUT2D eigenvalue weighted by atomic mass is 10.1. The zero-order valence-corrected chi connectivity index (χ0v) is 19.6. The summed E-state index contributed by atoms with van der Waals surface area (Å²) in [5.41, 5.74) is 1.99. The fraction of sp³-hybridized carbons (Fsp3) is 0.318. The van der Waals surface area contributed by atoms with E-state index in [-0.39, 0.29) is 18.3 Å². The molecular formula is C22H23ClN4O2S2. The first-order chi connectivity index (χ1) is 14.7. The summed E-state index contributed by atoms with van der Waals surface area (Å²) in [6.45, 7) is 4.50. The van der Waals surface area contributed by atoms with Gasteiger partial charge in [-0.2, -0.15) is 5.26 Å². The van der Waals surface area contributed by atoms with Crippen LogP contribution in [-0.2, 0) is 4.74 Å². The van der Waals surface area contributed by atoms with E-state index in [0.717, 1.165) is 43.1 Å². The maximum absolute atomic E-state index is 13.4. The molecule has 0 atom stereocenters. The van der Waals surface area contributed by atoms with Gasteiger partial charge in [-0.3, -0.25) is 14.6 Å². The molecule has 2 aromatic carbocycles. The van der Waals surface area contributed by atoms with Crippen LogP contribution in [0.25, 0.3) is 10.2 Å². The van der Waals surface area contributed by atoms with Gasteiger partial charge in [-0.25, -0.2) is 4.98 Å². The summed E-state index contributed by atoms with van der Waals surface area (Å²) in [4.78, 5) is 23.4. The third-order valence-electron chi connectivity index (χ3n) is 5.06. The molecule has 1 aromatic heterocycles. The molecule has 162 valence electrons. The fourth-order valence-electron chi connectivity index (χ4n) is 3.33. The van der Waals surface area contributed by atoms with Crippen molar-refractivity contribution in [2.75, 3.05) is 50.5 Å². The Morgan fingerprint density at radius 3 is 2.68 bits per heavy atom. The molecule has 3 aromatic rings. The number of nitriles is 1. The van der Waals surface area contributed by atoms with E-state index in [0.29, 0.717) is 22.8 Å². The minimum atomic E-state index is -0.100. The van der Waals surface area contributed by atoms with Gasteiger partial charge in [0.05, 0.1) is 35.1 Å². The number of nitrogens with zero attached hydrogens (tertiary/aromatic N) is 4. The van der Waals surface area contributed by atoms with Gasteiger partial charge in [0.15, 0.2) is 5.13 Å². The SMILES string of the molecule is CSc1ccc2nc(N(CCN3CCOCC3)C(=O)c3ccc(C#N)cc3)sc2c1.Cl. The summed E-state index contributed by atoms with van der Waals surface area (Å²) < 4.78 is 6.50. The smallest absolute Gasteiger partial charge is 0.260 e. The number of morpholine rings is 1. The number of carbonyl (C=O) groups excluding carboxylic acids is 1. The molecule has 9 heteroatoms. The molecule has 0 radical (unpaired) electrons. The zero-order chi connectivity index (χ0) is 20.9. The molecule has 0 saturated carbocycles. The average molecular weight is 475 g/mol. The minimum absolute atomic E-state index is 0. The van der Waals surface area contributed by atoms with E-state index < -0.39 is 0 Å². The lowest BCUT2D eigenvalue weighted by molar-refractivity contribution is 0.0391. The molecule has 0 spiro atoms. The number of carbonyl (C=O) groups is 1. The first-order valence-electron chi connectivity index (χ1n) is 9.74. The molecule has 1 saturated heterocycles. The van der Waals surface area contributed by atoms with E-state index in [1.807, 2.05) is 12.3 Å². The average Bonchev–Trinajstić information content (AvgIpc) is 3.22. The number of hydrogen-bond donors (Lipinski definition) is 0. The number of benzene rings is 2. The summed E-state index contributed by atoms with van der Waals surface area (Å²) in [6, 6.07) is 15.0. The number of thiazole rings is 1. The summed E-state index contributed by atoms with van der Waals surface area (Å²) in [5, 5.41) is 9.73. The Labute approximate surface area is 196 Å². The van der Waals surface area contributed by atoms with Crippen LogP contribution in [0.4, 0.5) is 5.13 Å². The van der Waals surface area contributed by atoms with Crippen LogP contribution in [0.5, 0.6) is 0 Å². The Kier molecular flexibility index (Phi) is 8.29. The summed E-state index contributed by atoms with van der Waals surface area (Å²) in [5.74, 6) is -0.100. The summed E-state index contributed by atoms with van der Waals surface area (Å²) in [7, 11) is 0. The Balaban J connectivity index is 0.00000272. The first-order valence-corrected chi connectivity index (χ1v) is 11.8.